The van der Waals surface area contributed by atoms with Gasteiger partial charge in [-0.15, -0.1) is 0 Å². The molecule has 484 valence electrons. The fourth-order valence-electron chi connectivity index (χ4n) is 12.0. The first-order valence-electron chi connectivity index (χ1n) is 37.2. The first-order valence-corrected chi connectivity index (χ1v) is 37.2. The van der Waals surface area contributed by atoms with E-state index in [0.717, 1.165) is 73.0 Å². The van der Waals surface area contributed by atoms with Crippen molar-refractivity contribution in [3.8, 4) is 11.8 Å². The largest absolute Gasteiger partial charge is 2.00 e. The van der Waals surface area contributed by atoms with Crippen molar-refractivity contribution in [2.75, 3.05) is 0 Å². The van der Waals surface area contributed by atoms with Crippen LogP contribution in [-0.4, -0.2) is 4.70 Å². The van der Waals surface area contributed by atoms with Crippen LogP contribution in [-0.2, 0) is 29.3 Å². The zero-order valence-corrected chi connectivity index (χ0v) is 58.1. The average molecular weight is 1200 g/mol. The number of rotatable bonds is 54. The average Bonchev–Trinajstić information content (AvgIpc) is 2.04. The van der Waals surface area contributed by atoms with Gasteiger partial charge in [0.1, 0.15) is 5.57 Å². The van der Waals surface area contributed by atoms with Crippen molar-refractivity contribution in [2.24, 2.45) is 0 Å². The Morgan fingerprint density at radius 2 is 0.595 bits per heavy atom. The first kappa shape index (κ1) is 81.6. The number of nitrogens with zero attached hydrogens (tertiary/aromatic N) is 2. The van der Waals surface area contributed by atoms with Crippen LogP contribution in [0.5, 0.6) is 0 Å². The van der Waals surface area contributed by atoms with E-state index in [0.29, 0.717) is 0 Å². The third-order valence-electron chi connectivity index (χ3n) is 17.4. The van der Waals surface area contributed by atoms with Crippen LogP contribution in [0.2, 0.25) is 0 Å². The van der Waals surface area contributed by atoms with Gasteiger partial charge in [0, 0.05) is 23.1 Å². The topological polar surface area (TPSA) is 25.3 Å². The molecular weight excluding hydrogens is 1060 g/mol. The first-order chi connectivity index (χ1) is 41.0. The van der Waals surface area contributed by atoms with Crippen molar-refractivity contribution in [3.05, 3.63) is 101 Å². The molecule has 0 bridgehead atoms. The maximum atomic E-state index is 11.8. The van der Waals surface area contributed by atoms with Gasteiger partial charge in [0.15, 0.2) is 0 Å². The SMILES string of the molecule is CCC#CC1=C(c2cccc(CCCCC)c2)[N+](=[N-])C(c2cccc(CCCCC)c2)=C1CCCCC.[CH2-]CCCCCCCCCCCCCCCCCCCCCC.[CH2-]CCCCCCCCCCCCCCCCCCCCCC.[Ni+2]. The summed E-state index contributed by atoms with van der Waals surface area (Å²) in [7, 11) is 0. The van der Waals surface area contributed by atoms with E-state index in [1.807, 2.05) is 0 Å². The molecule has 0 spiro atoms. The number of aryl methyl sites for hydroxylation is 2. The normalized spacial score (nSPS) is 12.0. The third-order valence-corrected chi connectivity index (χ3v) is 17.4. The quantitative estimate of drug-likeness (QED) is 0.0207. The fraction of sp³-hybridized carbons (Fsp3) is 0.753. The molecule has 0 atom stereocenters. The van der Waals surface area contributed by atoms with Crippen LogP contribution < -0.4 is 0 Å². The van der Waals surface area contributed by atoms with Crippen LogP contribution in [0.1, 0.15) is 404 Å². The predicted molar refractivity (Wildman–Crippen MR) is 375 cm³/mol. The van der Waals surface area contributed by atoms with Crippen molar-refractivity contribution in [3.63, 3.8) is 0 Å². The maximum absolute atomic E-state index is 11.8. The summed E-state index contributed by atoms with van der Waals surface area (Å²) in [6.07, 6.45) is 75.2. The van der Waals surface area contributed by atoms with Gasteiger partial charge in [-0.25, -0.2) is 4.70 Å². The summed E-state index contributed by atoms with van der Waals surface area (Å²) in [4.78, 5) is 0. The Labute approximate surface area is 537 Å². The van der Waals surface area contributed by atoms with Crippen molar-refractivity contribution >= 4 is 11.4 Å². The van der Waals surface area contributed by atoms with Crippen LogP contribution >= 0.6 is 0 Å². The van der Waals surface area contributed by atoms with Crippen LogP contribution in [0.3, 0.4) is 0 Å². The summed E-state index contributed by atoms with van der Waals surface area (Å²) in [6, 6.07) is 17.5. The summed E-state index contributed by atoms with van der Waals surface area (Å²) < 4.78 is 1.46. The summed E-state index contributed by atoms with van der Waals surface area (Å²) in [5.74, 6) is 6.81. The predicted octanol–water partition coefficient (Wildman–Crippen LogP) is 28.4. The Hall–Kier alpha value is -2.43. The monoisotopic (exact) mass is 1200 g/mol. The Morgan fingerprint density at radius 3 is 0.881 bits per heavy atom. The molecule has 1 heterocycles. The molecule has 0 unspecified atom stereocenters. The number of allylic oxidation sites excluding steroid dienone is 2. The summed E-state index contributed by atoms with van der Waals surface area (Å²) in [5.41, 5.74) is 20.6. The molecule has 3 rings (SSSR count). The van der Waals surface area contributed by atoms with Crippen LogP contribution in [0, 0.1) is 25.7 Å². The van der Waals surface area contributed by atoms with E-state index < -0.39 is 0 Å². The molecule has 0 fully saturated rings. The number of hydrogen-bond donors (Lipinski definition) is 0. The molecule has 1 aliphatic rings. The van der Waals surface area contributed by atoms with E-state index in [2.05, 4.69) is 116 Å². The second kappa shape index (κ2) is 63.6. The third kappa shape index (κ3) is 44.9. The molecule has 84 heavy (non-hydrogen) atoms. The minimum absolute atomic E-state index is 0. The molecule has 0 saturated heterocycles. The van der Waals surface area contributed by atoms with E-state index in [1.54, 1.807) is 0 Å². The Morgan fingerprint density at radius 1 is 0.333 bits per heavy atom. The van der Waals surface area contributed by atoms with Gasteiger partial charge in [-0.05, 0) is 73.9 Å². The minimum atomic E-state index is 0. The molecular formula is C81H140N2Ni. The summed E-state index contributed by atoms with van der Waals surface area (Å²) in [5, 5.41) is 0. The van der Waals surface area contributed by atoms with E-state index in [1.165, 1.54) is 330 Å². The smallest absolute Gasteiger partial charge is 0.493 e. The molecule has 0 aliphatic carbocycles. The van der Waals surface area contributed by atoms with Gasteiger partial charge in [0.05, 0.1) is 0 Å². The number of hydrogen-bond acceptors (Lipinski definition) is 0. The van der Waals surface area contributed by atoms with E-state index in [-0.39, 0.29) is 16.5 Å². The standard InChI is InChI=1S/C35H46N2.2C23H47.Ni/c1-5-9-13-18-28-20-16-22-30(26-28)34-32(24-12-8-4)33(25-15-11-7-3)35(37(34)36)31-23-17-21-29(27-31)19-14-10-6-2;2*1-3-5-7-9-11-13-15-17-19-21-23-22-20-18-16-14-12-10-8-6-4-2;/h16-17,20-23,26-27H,5-11,13-15,18-19,25H2,1-4H3;2*1,3-23H2,2H3;/q;2*-1;+2. The molecule has 1 aliphatic heterocycles. The Bertz CT molecular complexity index is 1790. The molecule has 3 heteroatoms. The number of unbranched alkanes of at least 4 members (excludes halogenated alkanes) is 46. The van der Waals surface area contributed by atoms with E-state index >= 15 is 0 Å². The summed E-state index contributed by atoms with van der Waals surface area (Å²) >= 11 is 0. The molecule has 0 saturated carbocycles. The van der Waals surface area contributed by atoms with Crippen molar-refractivity contribution < 1.29 is 21.2 Å². The summed E-state index contributed by atoms with van der Waals surface area (Å²) in [6.45, 7) is 21.2. The van der Waals surface area contributed by atoms with Crippen LogP contribution in [0.4, 0.5) is 0 Å². The van der Waals surface area contributed by atoms with Crippen LogP contribution in [0.15, 0.2) is 59.7 Å². The maximum Gasteiger partial charge on any atom is 2.00 e. The van der Waals surface area contributed by atoms with Gasteiger partial charge in [0.2, 0.25) is 11.4 Å². The zero-order chi connectivity index (χ0) is 60.2. The molecule has 0 N–H and O–H groups in total. The van der Waals surface area contributed by atoms with E-state index in [9.17, 15) is 5.53 Å². The van der Waals surface area contributed by atoms with Crippen molar-refractivity contribution in [2.45, 2.75) is 395 Å². The molecule has 2 aromatic carbocycles. The second-order valence-electron chi connectivity index (χ2n) is 25.4. The van der Waals surface area contributed by atoms with Gasteiger partial charge in [0.25, 0.3) is 0 Å². The Balaban J connectivity index is 0.00000129. The molecule has 0 aromatic heterocycles. The fourth-order valence-corrected chi connectivity index (χ4v) is 12.0. The Kier molecular flexibility index (Phi) is 61.8. The van der Waals surface area contributed by atoms with Crippen molar-refractivity contribution in [1.82, 2.24) is 0 Å². The van der Waals surface area contributed by atoms with Gasteiger partial charge in [-0.2, -0.15) is 12.8 Å². The van der Waals surface area contributed by atoms with Gasteiger partial charge >= 0.3 is 16.5 Å². The molecule has 0 radical (unpaired) electrons. The van der Waals surface area contributed by atoms with E-state index in [4.69, 9.17) is 0 Å². The van der Waals surface area contributed by atoms with Crippen LogP contribution in [0.25, 0.3) is 16.9 Å². The van der Waals surface area contributed by atoms with Gasteiger partial charge in [-0.1, -0.05) is 373 Å². The second-order valence-corrected chi connectivity index (χ2v) is 25.4. The van der Waals surface area contributed by atoms with Crippen molar-refractivity contribution in [1.29, 1.82) is 0 Å². The number of benzene rings is 2. The van der Waals surface area contributed by atoms with Gasteiger partial charge in [-0.3, -0.25) is 0 Å². The van der Waals surface area contributed by atoms with Gasteiger partial charge < -0.3 is 19.4 Å². The molecule has 2 aromatic rings. The minimum Gasteiger partial charge on any atom is -0.493 e. The zero-order valence-electron chi connectivity index (χ0n) is 57.1. The molecule has 2 nitrogen and oxygen atoms in total. The molecule has 0 amide bonds.